The van der Waals surface area contributed by atoms with Crippen molar-refractivity contribution in [2.24, 2.45) is 0 Å². The number of carbonyl (C=O) groups excluding carboxylic acids is 1. The third-order valence-electron chi connectivity index (χ3n) is 1.60. The van der Waals surface area contributed by atoms with E-state index in [1.807, 2.05) is 0 Å². The quantitative estimate of drug-likeness (QED) is 0.675. The van der Waals surface area contributed by atoms with Gasteiger partial charge >= 0.3 is 0 Å². The van der Waals surface area contributed by atoms with Crippen molar-refractivity contribution in [1.82, 2.24) is 0 Å². The predicted molar refractivity (Wildman–Crippen MR) is 43.3 cm³/mol. The molecular formula is C9H8F2O2. The maximum Gasteiger partial charge on any atom is 0.196 e. The Morgan fingerprint density at radius 2 is 2.23 bits per heavy atom. The first-order valence-electron chi connectivity index (χ1n) is 3.61. The molecule has 0 radical (unpaired) electrons. The van der Waals surface area contributed by atoms with Crippen LogP contribution >= 0.6 is 0 Å². The Labute approximate surface area is 74.1 Å². The normalized spacial score (nSPS) is 9.77. The Hall–Kier alpha value is -1.45. The van der Waals surface area contributed by atoms with E-state index in [2.05, 4.69) is 0 Å². The lowest BCUT2D eigenvalue weighted by atomic mass is 10.1. The van der Waals surface area contributed by atoms with Gasteiger partial charge in [-0.05, 0) is 12.1 Å². The zero-order valence-corrected chi connectivity index (χ0v) is 7.01. The summed E-state index contributed by atoms with van der Waals surface area (Å²) in [5.41, 5.74) is -0.247. The number of Topliss-reactive ketones (excluding diaryl/α,β-unsaturated/α-hetero) is 1. The number of alkyl halides is 1. The lowest BCUT2D eigenvalue weighted by Gasteiger charge is -2.02. The van der Waals surface area contributed by atoms with Crippen LogP contribution in [0.1, 0.15) is 10.4 Å². The summed E-state index contributed by atoms with van der Waals surface area (Å²) in [4.78, 5) is 10.8. The minimum atomic E-state index is -1.19. The summed E-state index contributed by atoms with van der Waals surface area (Å²) in [7, 11) is 1.38. The highest BCUT2D eigenvalue weighted by Gasteiger charge is 2.11. The number of benzene rings is 1. The first-order valence-corrected chi connectivity index (χ1v) is 3.61. The third-order valence-corrected chi connectivity index (χ3v) is 1.60. The molecule has 1 rings (SSSR count). The van der Waals surface area contributed by atoms with Crippen molar-refractivity contribution in [3.05, 3.63) is 29.6 Å². The third kappa shape index (κ3) is 2.02. The second-order valence-corrected chi connectivity index (χ2v) is 2.40. The SMILES string of the molecule is COc1ccc(C(=O)CF)c(F)c1. The molecule has 0 saturated heterocycles. The summed E-state index contributed by atoms with van der Waals surface area (Å²) in [5.74, 6) is -1.32. The zero-order valence-electron chi connectivity index (χ0n) is 7.01. The van der Waals surface area contributed by atoms with Gasteiger partial charge in [-0.3, -0.25) is 4.79 Å². The minimum absolute atomic E-state index is 0.247. The number of ether oxygens (including phenoxy) is 1. The molecule has 4 heteroatoms. The van der Waals surface area contributed by atoms with Crippen LogP contribution in [0.4, 0.5) is 8.78 Å². The van der Waals surface area contributed by atoms with Crippen molar-refractivity contribution < 1.29 is 18.3 Å². The van der Waals surface area contributed by atoms with Crippen molar-refractivity contribution in [1.29, 1.82) is 0 Å². The van der Waals surface area contributed by atoms with Gasteiger partial charge in [0.25, 0.3) is 0 Å². The molecule has 0 bridgehead atoms. The van der Waals surface area contributed by atoms with Crippen molar-refractivity contribution in [3.63, 3.8) is 0 Å². The van der Waals surface area contributed by atoms with Gasteiger partial charge in [-0.1, -0.05) is 0 Å². The Kier molecular flexibility index (Phi) is 2.95. The largest absolute Gasteiger partial charge is 0.497 e. The van der Waals surface area contributed by atoms with Gasteiger partial charge in [0.1, 0.15) is 11.6 Å². The fourth-order valence-corrected chi connectivity index (χ4v) is 0.921. The van der Waals surface area contributed by atoms with Gasteiger partial charge in [0.2, 0.25) is 0 Å². The lowest BCUT2D eigenvalue weighted by molar-refractivity contribution is 0.0954. The van der Waals surface area contributed by atoms with E-state index < -0.39 is 18.3 Å². The first-order chi connectivity index (χ1) is 6.19. The zero-order chi connectivity index (χ0) is 9.84. The molecule has 0 atom stereocenters. The monoisotopic (exact) mass is 186 g/mol. The highest BCUT2D eigenvalue weighted by molar-refractivity contribution is 5.97. The smallest absolute Gasteiger partial charge is 0.196 e. The molecule has 0 spiro atoms. The molecule has 1 aromatic rings. The molecule has 13 heavy (non-hydrogen) atoms. The van der Waals surface area contributed by atoms with Gasteiger partial charge in [0.05, 0.1) is 12.7 Å². The average molecular weight is 186 g/mol. The Morgan fingerprint density at radius 3 is 2.69 bits per heavy atom. The van der Waals surface area contributed by atoms with Crippen molar-refractivity contribution >= 4 is 5.78 Å². The van der Waals surface area contributed by atoms with E-state index in [-0.39, 0.29) is 5.56 Å². The molecule has 0 aromatic heterocycles. The number of carbonyl (C=O) groups is 1. The van der Waals surface area contributed by atoms with Gasteiger partial charge < -0.3 is 4.74 Å². The van der Waals surface area contributed by atoms with Crippen LogP contribution in [0.2, 0.25) is 0 Å². The molecule has 0 fully saturated rings. The topological polar surface area (TPSA) is 26.3 Å². The van der Waals surface area contributed by atoms with Crippen LogP contribution in [0.25, 0.3) is 0 Å². The van der Waals surface area contributed by atoms with Gasteiger partial charge in [0.15, 0.2) is 12.5 Å². The first kappa shape index (κ1) is 9.64. The summed E-state index contributed by atoms with van der Waals surface area (Å²) in [6, 6.07) is 3.66. The van der Waals surface area contributed by atoms with E-state index in [1.54, 1.807) is 0 Å². The van der Waals surface area contributed by atoms with Crippen LogP contribution in [-0.4, -0.2) is 19.6 Å². The molecule has 1 aromatic carbocycles. The van der Waals surface area contributed by atoms with Crippen molar-refractivity contribution in [2.45, 2.75) is 0 Å². The van der Waals surface area contributed by atoms with E-state index >= 15 is 0 Å². The molecule has 2 nitrogen and oxygen atoms in total. The maximum absolute atomic E-state index is 13.0. The molecule has 70 valence electrons. The summed E-state index contributed by atoms with van der Waals surface area (Å²) in [6.07, 6.45) is 0. The highest BCUT2D eigenvalue weighted by atomic mass is 19.1. The van der Waals surface area contributed by atoms with Crippen LogP contribution in [0.15, 0.2) is 18.2 Å². The molecule has 0 heterocycles. The summed E-state index contributed by atoms with van der Waals surface area (Å²) < 4.78 is 29.6. The number of rotatable bonds is 3. The van der Waals surface area contributed by atoms with E-state index in [1.165, 1.54) is 19.2 Å². The number of halogens is 2. The number of ketones is 1. The molecule has 0 aliphatic carbocycles. The molecule has 0 unspecified atom stereocenters. The molecule has 0 aliphatic heterocycles. The van der Waals surface area contributed by atoms with Gasteiger partial charge in [-0.15, -0.1) is 0 Å². The number of hydrogen-bond acceptors (Lipinski definition) is 2. The minimum Gasteiger partial charge on any atom is -0.497 e. The van der Waals surface area contributed by atoms with E-state index in [0.29, 0.717) is 5.75 Å². The molecular weight excluding hydrogens is 178 g/mol. The highest BCUT2D eigenvalue weighted by Crippen LogP contribution is 2.16. The molecule has 0 aliphatic rings. The van der Waals surface area contributed by atoms with Crippen LogP contribution in [-0.2, 0) is 0 Å². The van der Waals surface area contributed by atoms with Crippen LogP contribution in [0.3, 0.4) is 0 Å². The molecule has 0 N–H and O–H groups in total. The van der Waals surface area contributed by atoms with Gasteiger partial charge in [-0.25, -0.2) is 8.78 Å². The fraction of sp³-hybridized carbons (Fsp3) is 0.222. The van der Waals surface area contributed by atoms with Crippen molar-refractivity contribution in [2.75, 3.05) is 13.8 Å². The van der Waals surface area contributed by atoms with Crippen LogP contribution in [0.5, 0.6) is 5.75 Å². The summed E-state index contributed by atoms with van der Waals surface area (Å²) >= 11 is 0. The van der Waals surface area contributed by atoms with E-state index in [0.717, 1.165) is 6.07 Å². The standard InChI is InChI=1S/C9H8F2O2/c1-13-6-2-3-7(8(11)4-6)9(12)5-10/h2-4H,5H2,1H3. The Morgan fingerprint density at radius 1 is 1.54 bits per heavy atom. The lowest BCUT2D eigenvalue weighted by Crippen LogP contribution is -2.04. The van der Waals surface area contributed by atoms with Gasteiger partial charge in [0, 0.05) is 6.07 Å². The summed E-state index contributed by atoms with van der Waals surface area (Å²) in [6.45, 7) is -1.19. The average Bonchev–Trinajstić information content (AvgIpc) is 2.16. The van der Waals surface area contributed by atoms with E-state index in [9.17, 15) is 13.6 Å². The van der Waals surface area contributed by atoms with Crippen LogP contribution in [0, 0.1) is 5.82 Å². The number of hydrogen-bond donors (Lipinski definition) is 0. The van der Waals surface area contributed by atoms with Crippen LogP contribution < -0.4 is 4.74 Å². The fourth-order valence-electron chi connectivity index (χ4n) is 0.921. The van der Waals surface area contributed by atoms with E-state index in [4.69, 9.17) is 4.74 Å². The molecule has 0 saturated carbocycles. The summed E-state index contributed by atoms with van der Waals surface area (Å²) in [5, 5.41) is 0. The Balaban J connectivity index is 3.05. The maximum atomic E-state index is 13.0. The molecule has 0 amide bonds. The van der Waals surface area contributed by atoms with Crippen molar-refractivity contribution in [3.8, 4) is 5.75 Å². The Bertz CT molecular complexity index is 323. The predicted octanol–water partition coefficient (Wildman–Crippen LogP) is 1.99. The second-order valence-electron chi connectivity index (χ2n) is 2.40. The van der Waals surface area contributed by atoms with Gasteiger partial charge in [-0.2, -0.15) is 0 Å². The number of methoxy groups -OCH3 is 1. The second kappa shape index (κ2) is 3.98.